The molecule has 3 rings (SSSR count). The number of aromatic nitrogens is 6. The summed E-state index contributed by atoms with van der Waals surface area (Å²) in [6.07, 6.45) is 1.56. The van der Waals surface area contributed by atoms with E-state index in [-0.39, 0.29) is 5.91 Å². The van der Waals surface area contributed by atoms with Crippen molar-refractivity contribution < 1.29 is 4.79 Å². The maximum atomic E-state index is 12.0. The molecule has 3 N–H and O–H groups in total. The molecule has 94 valence electrons. The normalized spacial score (nSPS) is 10.3. The average Bonchev–Trinajstić information content (AvgIpc) is 3.12. The van der Waals surface area contributed by atoms with Crippen molar-refractivity contribution in [2.24, 2.45) is 0 Å². The van der Waals surface area contributed by atoms with E-state index in [0.717, 1.165) is 0 Å². The van der Waals surface area contributed by atoms with Gasteiger partial charge in [0.1, 0.15) is 5.82 Å². The van der Waals surface area contributed by atoms with E-state index in [9.17, 15) is 4.79 Å². The first-order valence-corrected chi connectivity index (χ1v) is 5.47. The largest absolute Gasteiger partial charge is 0.307 e. The van der Waals surface area contributed by atoms with Gasteiger partial charge in [0.05, 0.1) is 6.20 Å². The molecule has 0 saturated heterocycles. The first kappa shape index (κ1) is 11.1. The molecule has 1 aromatic carbocycles. The van der Waals surface area contributed by atoms with Crippen LogP contribution in [0.15, 0.2) is 36.5 Å². The van der Waals surface area contributed by atoms with Gasteiger partial charge in [0.25, 0.3) is 5.91 Å². The van der Waals surface area contributed by atoms with Crippen LogP contribution < -0.4 is 5.32 Å². The first-order valence-electron chi connectivity index (χ1n) is 5.47. The molecule has 0 spiro atoms. The summed E-state index contributed by atoms with van der Waals surface area (Å²) in [5.74, 6) is 0.737. The number of aromatic amines is 2. The van der Waals surface area contributed by atoms with Crippen molar-refractivity contribution in [3.05, 3.63) is 42.1 Å². The van der Waals surface area contributed by atoms with Gasteiger partial charge in [0.15, 0.2) is 0 Å². The lowest BCUT2D eigenvalue weighted by Crippen LogP contribution is -2.12. The second-order valence-electron chi connectivity index (χ2n) is 3.74. The van der Waals surface area contributed by atoms with E-state index in [4.69, 9.17) is 0 Å². The summed E-state index contributed by atoms with van der Waals surface area (Å²) >= 11 is 0. The number of rotatable bonds is 3. The number of nitrogens with one attached hydrogen (secondary N) is 3. The molecular weight excluding hydrogens is 246 g/mol. The number of H-pyrrole nitrogens is 2. The first-order chi connectivity index (χ1) is 9.33. The van der Waals surface area contributed by atoms with Crippen molar-refractivity contribution in [1.82, 2.24) is 30.8 Å². The lowest BCUT2D eigenvalue weighted by atomic mass is 10.1. The monoisotopic (exact) mass is 255 g/mol. The molecule has 0 aliphatic rings. The second kappa shape index (κ2) is 4.69. The molecule has 0 radical (unpaired) electrons. The van der Waals surface area contributed by atoms with E-state index in [1.165, 1.54) is 0 Å². The highest BCUT2D eigenvalue weighted by molar-refractivity contribution is 6.04. The summed E-state index contributed by atoms with van der Waals surface area (Å²) < 4.78 is 0. The SMILES string of the molecule is O=C(Nc1ccn[nH]1)c1cccc(-c2nn[nH]n2)c1. The smallest absolute Gasteiger partial charge is 0.256 e. The Morgan fingerprint density at radius 1 is 1.26 bits per heavy atom. The standard InChI is InChI=1S/C11H9N7O/c19-11(13-9-4-5-12-14-9)8-3-1-2-7(6-8)10-15-17-18-16-10/h1-6H,(H2,12,13,14,19)(H,15,16,17,18). The number of anilines is 1. The zero-order valence-electron chi connectivity index (χ0n) is 9.66. The van der Waals surface area contributed by atoms with Gasteiger partial charge in [-0.25, -0.2) is 0 Å². The molecule has 0 fully saturated rings. The van der Waals surface area contributed by atoms with Crippen LogP contribution in [-0.2, 0) is 0 Å². The molecule has 2 heterocycles. The van der Waals surface area contributed by atoms with Crippen LogP contribution in [-0.4, -0.2) is 36.7 Å². The van der Waals surface area contributed by atoms with E-state index in [1.54, 1.807) is 36.5 Å². The average molecular weight is 255 g/mol. The van der Waals surface area contributed by atoms with Crippen molar-refractivity contribution in [3.63, 3.8) is 0 Å². The number of hydrogen-bond acceptors (Lipinski definition) is 5. The van der Waals surface area contributed by atoms with Crippen LogP contribution in [0.1, 0.15) is 10.4 Å². The fourth-order valence-corrected chi connectivity index (χ4v) is 1.60. The Labute approximate surface area is 107 Å². The van der Waals surface area contributed by atoms with Gasteiger partial charge in [-0.05, 0) is 17.3 Å². The van der Waals surface area contributed by atoms with Gasteiger partial charge in [0.2, 0.25) is 5.82 Å². The molecule has 0 aliphatic heterocycles. The van der Waals surface area contributed by atoms with Gasteiger partial charge in [-0.3, -0.25) is 9.89 Å². The number of nitrogens with zero attached hydrogens (tertiary/aromatic N) is 4. The zero-order valence-corrected chi connectivity index (χ0v) is 9.66. The molecular formula is C11H9N7O. The Kier molecular flexibility index (Phi) is 2.73. The van der Waals surface area contributed by atoms with Crippen molar-refractivity contribution in [2.75, 3.05) is 5.32 Å². The summed E-state index contributed by atoms with van der Waals surface area (Å²) in [5, 5.41) is 22.7. The summed E-state index contributed by atoms with van der Waals surface area (Å²) in [5.41, 5.74) is 1.21. The third kappa shape index (κ3) is 2.32. The molecule has 0 atom stereocenters. The fourth-order valence-electron chi connectivity index (χ4n) is 1.60. The summed E-state index contributed by atoms with van der Waals surface area (Å²) in [7, 11) is 0. The van der Waals surface area contributed by atoms with Crippen molar-refractivity contribution in [3.8, 4) is 11.4 Å². The van der Waals surface area contributed by atoms with Crippen LogP contribution >= 0.6 is 0 Å². The Balaban J connectivity index is 1.85. The van der Waals surface area contributed by atoms with Gasteiger partial charge in [-0.1, -0.05) is 12.1 Å². The Bertz CT molecular complexity index is 675. The summed E-state index contributed by atoms with van der Waals surface area (Å²) in [4.78, 5) is 12.0. The zero-order chi connectivity index (χ0) is 13.1. The van der Waals surface area contributed by atoms with Crippen LogP contribution in [0.2, 0.25) is 0 Å². The van der Waals surface area contributed by atoms with Crippen molar-refractivity contribution in [2.45, 2.75) is 0 Å². The number of carbonyl (C=O) groups excluding carboxylic acids is 1. The van der Waals surface area contributed by atoms with Crippen LogP contribution in [0.4, 0.5) is 5.82 Å². The van der Waals surface area contributed by atoms with Gasteiger partial charge in [-0.2, -0.15) is 10.3 Å². The highest BCUT2D eigenvalue weighted by Gasteiger charge is 2.09. The highest BCUT2D eigenvalue weighted by Crippen LogP contribution is 2.15. The Morgan fingerprint density at radius 3 is 2.95 bits per heavy atom. The van der Waals surface area contributed by atoms with E-state index in [1.807, 2.05) is 0 Å². The molecule has 0 bridgehead atoms. The summed E-state index contributed by atoms with van der Waals surface area (Å²) in [6.45, 7) is 0. The minimum atomic E-state index is -0.241. The van der Waals surface area contributed by atoms with Crippen LogP contribution in [0.25, 0.3) is 11.4 Å². The number of hydrogen-bond donors (Lipinski definition) is 3. The minimum Gasteiger partial charge on any atom is -0.307 e. The third-order valence-corrected chi connectivity index (χ3v) is 2.48. The van der Waals surface area contributed by atoms with Gasteiger partial charge >= 0.3 is 0 Å². The second-order valence-corrected chi connectivity index (χ2v) is 3.74. The predicted molar refractivity (Wildman–Crippen MR) is 66.2 cm³/mol. The molecule has 0 unspecified atom stereocenters. The van der Waals surface area contributed by atoms with Gasteiger partial charge in [-0.15, -0.1) is 10.2 Å². The molecule has 2 aromatic heterocycles. The molecule has 8 heteroatoms. The lowest BCUT2D eigenvalue weighted by molar-refractivity contribution is 0.102. The maximum absolute atomic E-state index is 12.0. The fraction of sp³-hybridized carbons (Fsp3) is 0. The van der Waals surface area contributed by atoms with Crippen LogP contribution in [0.5, 0.6) is 0 Å². The van der Waals surface area contributed by atoms with Gasteiger partial charge < -0.3 is 5.32 Å². The lowest BCUT2D eigenvalue weighted by Gasteiger charge is -2.03. The van der Waals surface area contributed by atoms with Crippen LogP contribution in [0, 0.1) is 0 Å². The Morgan fingerprint density at radius 2 is 2.21 bits per heavy atom. The minimum absolute atomic E-state index is 0.241. The third-order valence-electron chi connectivity index (χ3n) is 2.48. The van der Waals surface area contributed by atoms with Crippen molar-refractivity contribution >= 4 is 11.7 Å². The van der Waals surface area contributed by atoms with E-state index in [0.29, 0.717) is 22.8 Å². The molecule has 0 saturated carbocycles. The quantitative estimate of drug-likeness (QED) is 0.642. The number of amides is 1. The predicted octanol–water partition coefficient (Wildman–Crippen LogP) is 0.842. The summed E-state index contributed by atoms with van der Waals surface area (Å²) in [6, 6.07) is 8.62. The van der Waals surface area contributed by atoms with Crippen molar-refractivity contribution in [1.29, 1.82) is 0 Å². The molecule has 8 nitrogen and oxygen atoms in total. The van der Waals surface area contributed by atoms with E-state index in [2.05, 4.69) is 36.1 Å². The number of carbonyl (C=O) groups is 1. The van der Waals surface area contributed by atoms with E-state index >= 15 is 0 Å². The maximum Gasteiger partial charge on any atom is 0.256 e. The van der Waals surface area contributed by atoms with E-state index < -0.39 is 0 Å². The molecule has 0 aliphatic carbocycles. The number of benzene rings is 1. The topological polar surface area (TPSA) is 112 Å². The van der Waals surface area contributed by atoms with Crippen LogP contribution in [0.3, 0.4) is 0 Å². The Hall–Kier alpha value is -3.03. The number of tetrazole rings is 1. The van der Waals surface area contributed by atoms with Gasteiger partial charge in [0, 0.05) is 17.2 Å². The highest BCUT2D eigenvalue weighted by atomic mass is 16.1. The molecule has 1 amide bonds. The molecule has 3 aromatic rings. The molecule has 19 heavy (non-hydrogen) atoms.